The number of amides is 1. The molecule has 3 aromatic rings. The van der Waals surface area contributed by atoms with Crippen molar-refractivity contribution in [2.24, 2.45) is 5.10 Å². The van der Waals surface area contributed by atoms with Gasteiger partial charge in [0.15, 0.2) is 0 Å². The van der Waals surface area contributed by atoms with Gasteiger partial charge in [-0.25, -0.2) is 5.43 Å². The molecule has 0 aliphatic carbocycles. The van der Waals surface area contributed by atoms with Gasteiger partial charge in [-0.15, -0.1) is 11.3 Å². The van der Waals surface area contributed by atoms with Crippen LogP contribution in [0.25, 0.3) is 10.1 Å². The topological polar surface area (TPSA) is 70.9 Å². The molecule has 23 heavy (non-hydrogen) atoms. The number of methoxy groups -OCH3 is 1. The summed E-state index contributed by atoms with van der Waals surface area (Å²) in [6, 6.07) is 14.3. The van der Waals surface area contributed by atoms with Gasteiger partial charge in [0.2, 0.25) is 0 Å². The first-order chi connectivity index (χ1) is 11.2. The van der Waals surface area contributed by atoms with Crippen molar-refractivity contribution in [1.29, 1.82) is 0 Å². The quantitative estimate of drug-likeness (QED) is 0.570. The molecule has 1 heterocycles. The Hall–Kier alpha value is -2.86. The Bertz CT molecular complexity index is 869. The second kappa shape index (κ2) is 6.50. The van der Waals surface area contributed by atoms with Crippen molar-refractivity contribution < 1.29 is 14.6 Å². The smallest absolute Gasteiger partial charge is 0.271 e. The maximum absolute atomic E-state index is 12.0. The van der Waals surface area contributed by atoms with E-state index >= 15 is 0 Å². The van der Waals surface area contributed by atoms with E-state index in [0.29, 0.717) is 16.2 Å². The fraction of sp³-hybridized carbons (Fsp3) is 0.0588. The Balaban J connectivity index is 1.72. The lowest BCUT2D eigenvalue weighted by Crippen LogP contribution is -2.17. The van der Waals surface area contributed by atoms with Crippen molar-refractivity contribution in [2.45, 2.75) is 0 Å². The van der Waals surface area contributed by atoms with Gasteiger partial charge in [0, 0.05) is 15.6 Å². The molecule has 3 rings (SSSR count). The molecule has 0 fully saturated rings. The Morgan fingerprint density at radius 1 is 1.22 bits per heavy atom. The molecule has 2 aromatic carbocycles. The average Bonchev–Trinajstić information content (AvgIpc) is 2.91. The molecule has 6 heteroatoms. The first-order valence-electron chi connectivity index (χ1n) is 6.87. The van der Waals surface area contributed by atoms with Crippen molar-refractivity contribution in [2.75, 3.05) is 7.11 Å². The van der Waals surface area contributed by atoms with E-state index in [1.807, 2.05) is 24.3 Å². The van der Waals surface area contributed by atoms with E-state index in [0.717, 1.165) is 10.1 Å². The fourth-order valence-electron chi connectivity index (χ4n) is 2.09. The molecule has 0 aliphatic heterocycles. The summed E-state index contributed by atoms with van der Waals surface area (Å²) in [5.74, 6) is 0.526. The van der Waals surface area contributed by atoms with Crippen LogP contribution in [0.1, 0.15) is 15.2 Å². The van der Waals surface area contributed by atoms with Crippen LogP contribution in [0.15, 0.2) is 53.6 Å². The highest BCUT2D eigenvalue weighted by Crippen LogP contribution is 2.35. The minimum atomic E-state index is -0.329. The Morgan fingerprint density at radius 3 is 2.65 bits per heavy atom. The largest absolute Gasteiger partial charge is 0.506 e. The van der Waals surface area contributed by atoms with Gasteiger partial charge in [0.25, 0.3) is 5.91 Å². The highest BCUT2D eigenvalue weighted by atomic mass is 32.1. The number of hydrogen-bond donors (Lipinski definition) is 2. The van der Waals surface area contributed by atoms with Gasteiger partial charge in [-0.2, -0.15) is 5.10 Å². The number of thiophene rings is 1. The van der Waals surface area contributed by atoms with Gasteiger partial charge in [0.05, 0.1) is 18.2 Å². The number of rotatable bonds is 4. The van der Waals surface area contributed by atoms with Crippen LogP contribution in [0.5, 0.6) is 11.5 Å². The van der Waals surface area contributed by atoms with Crippen LogP contribution in [0.3, 0.4) is 0 Å². The van der Waals surface area contributed by atoms with E-state index in [4.69, 9.17) is 4.74 Å². The summed E-state index contributed by atoms with van der Waals surface area (Å²) in [5, 5.41) is 14.8. The lowest BCUT2D eigenvalue weighted by molar-refractivity contribution is 0.0955. The van der Waals surface area contributed by atoms with E-state index < -0.39 is 0 Å². The van der Waals surface area contributed by atoms with Crippen molar-refractivity contribution in [3.63, 3.8) is 0 Å². The number of fused-ring (bicyclic) bond motifs is 1. The third-order valence-electron chi connectivity index (χ3n) is 3.30. The SMILES string of the molecule is COc1ccc(C(=O)NN=Cc2sc3ccccc3c2O)cc1. The zero-order valence-corrected chi connectivity index (χ0v) is 13.1. The summed E-state index contributed by atoms with van der Waals surface area (Å²) in [5.41, 5.74) is 2.92. The lowest BCUT2D eigenvalue weighted by Gasteiger charge is -2.01. The second-order valence-electron chi connectivity index (χ2n) is 4.74. The van der Waals surface area contributed by atoms with Crippen molar-refractivity contribution >= 4 is 33.5 Å². The maximum Gasteiger partial charge on any atom is 0.271 e. The molecule has 0 aliphatic rings. The van der Waals surface area contributed by atoms with Gasteiger partial charge < -0.3 is 9.84 Å². The molecular weight excluding hydrogens is 312 g/mol. The van der Waals surface area contributed by atoms with E-state index in [1.54, 1.807) is 31.4 Å². The normalized spacial score (nSPS) is 11.0. The summed E-state index contributed by atoms with van der Waals surface area (Å²) < 4.78 is 6.01. The zero-order chi connectivity index (χ0) is 16.2. The van der Waals surface area contributed by atoms with Gasteiger partial charge in [-0.3, -0.25) is 4.79 Å². The second-order valence-corrected chi connectivity index (χ2v) is 5.82. The Labute approximate surface area is 136 Å². The molecule has 2 N–H and O–H groups in total. The number of carbonyl (C=O) groups is 1. The van der Waals surface area contributed by atoms with Crippen LogP contribution in [0.2, 0.25) is 0 Å². The molecular formula is C17H14N2O3S. The molecule has 0 saturated heterocycles. The number of carbonyl (C=O) groups excluding carboxylic acids is 1. The summed E-state index contributed by atoms with van der Waals surface area (Å²) in [6.45, 7) is 0. The standard InChI is InChI=1S/C17H14N2O3S/c1-22-12-8-6-11(7-9-12)17(21)19-18-10-15-16(20)13-4-2-3-5-14(13)23-15/h2-10,20H,1H3,(H,19,21). The zero-order valence-electron chi connectivity index (χ0n) is 12.3. The van der Waals surface area contributed by atoms with Crippen molar-refractivity contribution in [3.05, 3.63) is 59.0 Å². The van der Waals surface area contributed by atoms with Gasteiger partial charge in [-0.05, 0) is 36.4 Å². The monoisotopic (exact) mass is 326 g/mol. The fourth-order valence-corrected chi connectivity index (χ4v) is 3.07. The molecule has 0 unspecified atom stereocenters. The molecule has 0 radical (unpaired) electrons. The van der Waals surface area contributed by atoms with Crippen LogP contribution in [-0.4, -0.2) is 24.3 Å². The maximum atomic E-state index is 12.0. The van der Waals surface area contributed by atoms with Crippen molar-refractivity contribution in [1.82, 2.24) is 5.43 Å². The number of aromatic hydroxyl groups is 1. The Kier molecular flexibility index (Phi) is 4.25. The molecule has 0 spiro atoms. The number of nitrogens with zero attached hydrogens (tertiary/aromatic N) is 1. The first kappa shape index (κ1) is 15.1. The third-order valence-corrected chi connectivity index (χ3v) is 4.39. The average molecular weight is 326 g/mol. The van der Waals surface area contributed by atoms with Crippen LogP contribution >= 0.6 is 11.3 Å². The predicted octanol–water partition coefficient (Wildman–Crippen LogP) is 3.38. The number of benzene rings is 2. The highest BCUT2D eigenvalue weighted by Gasteiger charge is 2.09. The summed E-state index contributed by atoms with van der Waals surface area (Å²) in [6.07, 6.45) is 1.45. The van der Waals surface area contributed by atoms with E-state index in [1.165, 1.54) is 17.6 Å². The third kappa shape index (κ3) is 3.17. The molecule has 1 amide bonds. The Morgan fingerprint density at radius 2 is 1.96 bits per heavy atom. The summed E-state index contributed by atoms with van der Waals surface area (Å²) in [7, 11) is 1.57. The predicted molar refractivity (Wildman–Crippen MR) is 91.5 cm³/mol. The van der Waals surface area contributed by atoms with E-state index in [-0.39, 0.29) is 11.7 Å². The summed E-state index contributed by atoms with van der Waals surface area (Å²) in [4.78, 5) is 12.6. The van der Waals surface area contributed by atoms with Crippen LogP contribution in [0, 0.1) is 0 Å². The van der Waals surface area contributed by atoms with Crippen LogP contribution in [-0.2, 0) is 0 Å². The van der Waals surface area contributed by atoms with Crippen LogP contribution < -0.4 is 10.2 Å². The molecule has 1 aromatic heterocycles. The van der Waals surface area contributed by atoms with Gasteiger partial charge in [-0.1, -0.05) is 12.1 Å². The van der Waals surface area contributed by atoms with Gasteiger partial charge >= 0.3 is 0 Å². The molecule has 0 bridgehead atoms. The minimum absolute atomic E-state index is 0.174. The van der Waals surface area contributed by atoms with Crippen LogP contribution in [0.4, 0.5) is 0 Å². The highest BCUT2D eigenvalue weighted by molar-refractivity contribution is 7.21. The first-order valence-corrected chi connectivity index (χ1v) is 7.68. The van der Waals surface area contributed by atoms with Crippen molar-refractivity contribution in [3.8, 4) is 11.5 Å². The molecule has 116 valence electrons. The minimum Gasteiger partial charge on any atom is -0.506 e. The molecule has 0 atom stereocenters. The lowest BCUT2D eigenvalue weighted by atomic mass is 10.2. The number of nitrogens with one attached hydrogen (secondary N) is 1. The molecule has 5 nitrogen and oxygen atoms in total. The molecule has 0 saturated carbocycles. The number of ether oxygens (including phenoxy) is 1. The summed E-state index contributed by atoms with van der Waals surface area (Å²) >= 11 is 1.41. The number of hydrogen-bond acceptors (Lipinski definition) is 5. The number of hydrazone groups is 1. The van der Waals surface area contributed by atoms with Gasteiger partial charge in [0.1, 0.15) is 11.5 Å². The van der Waals surface area contributed by atoms with E-state index in [9.17, 15) is 9.90 Å². The van der Waals surface area contributed by atoms with E-state index in [2.05, 4.69) is 10.5 Å².